The van der Waals surface area contributed by atoms with E-state index in [2.05, 4.69) is 6.92 Å². The van der Waals surface area contributed by atoms with Gasteiger partial charge in [-0.1, -0.05) is 19.4 Å². The first-order valence-electron chi connectivity index (χ1n) is 10.6. The minimum Gasteiger partial charge on any atom is -0.512 e. The molecule has 3 aliphatic carbocycles. The van der Waals surface area contributed by atoms with Crippen LogP contribution in [0.4, 0.5) is 0 Å². The number of aliphatic hydroxyl groups excluding tert-OH is 2. The highest BCUT2D eigenvalue weighted by Gasteiger charge is 2.57. The number of Topliss-reactive ketones (excluding diaryl/α,β-unsaturated/α-hetero) is 1. The third-order valence-corrected chi connectivity index (χ3v) is 6.94. The Hall–Kier alpha value is -2.84. The van der Waals surface area contributed by atoms with Crippen LogP contribution < -0.4 is 5.73 Å². The van der Waals surface area contributed by atoms with Crippen LogP contribution in [0.5, 0.6) is 5.75 Å². The second kappa shape index (κ2) is 7.39. The van der Waals surface area contributed by atoms with Gasteiger partial charge >= 0.3 is 0 Å². The molecule has 0 saturated carbocycles. The molecule has 3 unspecified atom stereocenters. The Morgan fingerprint density at radius 2 is 1.90 bits per heavy atom. The molecule has 0 saturated heterocycles. The summed E-state index contributed by atoms with van der Waals surface area (Å²) in [6, 6.07) is 3.29. The largest absolute Gasteiger partial charge is 0.512 e. The average Bonchev–Trinajstić information content (AvgIpc) is 2.65. The molecule has 1 amide bonds. The van der Waals surface area contributed by atoms with Gasteiger partial charge in [0, 0.05) is 12.0 Å². The van der Waals surface area contributed by atoms with Gasteiger partial charge in [-0.05, 0) is 54.7 Å². The summed E-state index contributed by atoms with van der Waals surface area (Å²) in [6.45, 7) is 2.07. The molecule has 8 heteroatoms. The van der Waals surface area contributed by atoms with Gasteiger partial charge in [0.15, 0.2) is 5.78 Å². The van der Waals surface area contributed by atoms with E-state index in [9.17, 15) is 35.1 Å². The number of phenols is 1. The van der Waals surface area contributed by atoms with Crippen molar-refractivity contribution in [1.29, 1.82) is 0 Å². The summed E-state index contributed by atoms with van der Waals surface area (Å²) in [7, 11) is 0. The SMILES string of the molecule is CCCCc1ccc(O)c2c1CC1CC3CC(O)=C(C(N)=O)C(O)(O)C3C(O)=C1C2=O. The summed E-state index contributed by atoms with van der Waals surface area (Å²) >= 11 is 0. The maximum atomic E-state index is 13.4. The molecule has 0 radical (unpaired) electrons. The summed E-state index contributed by atoms with van der Waals surface area (Å²) in [5, 5.41) is 53.1. The molecule has 0 aliphatic heterocycles. The minimum absolute atomic E-state index is 0.0226. The Balaban J connectivity index is 1.84. The maximum Gasteiger partial charge on any atom is 0.253 e. The predicted molar refractivity (Wildman–Crippen MR) is 110 cm³/mol. The van der Waals surface area contributed by atoms with Gasteiger partial charge in [-0.15, -0.1) is 0 Å². The van der Waals surface area contributed by atoms with Crippen molar-refractivity contribution in [2.45, 2.75) is 51.2 Å². The summed E-state index contributed by atoms with van der Waals surface area (Å²) < 4.78 is 0. The molecule has 7 N–H and O–H groups in total. The molecule has 3 atom stereocenters. The van der Waals surface area contributed by atoms with Crippen LogP contribution in [-0.2, 0) is 17.6 Å². The van der Waals surface area contributed by atoms with Crippen molar-refractivity contribution in [3.05, 3.63) is 51.5 Å². The van der Waals surface area contributed by atoms with Gasteiger partial charge in [0.2, 0.25) is 5.79 Å². The van der Waals surface area contributed by atoms with Crippen molar-refractivity contribution in [3.63, 3.8) is 0 Å². The van der Waals surface area contributed by atoms with Crippen molar-refractivity contribution in [1.82, 2.24) is 0 Å². The maximum absolute atomic E-state index is 13.4. The van der Waals surface area contributed by atoms with Gasteiger partial charge in [-0.3, -0.25) is 9.59 Å². The van der Waals surface area contributed by atoms with Crippen LogP contribution in [0.3, 0.4) is 0 Å². The number of benzene rings is 1. The fraction of sp³-hybridized carbons (Fsp3) is 0.478. The fourth-order valence-corrected chi connectivity index (χ4v) is 5.62. The van der Waals surface area contributed by atoms with Crippen LogP contribution in [0, 0.1) is 17.8 Å². The number of primary amides is 1. The Kier molecular flexibility index (Phi) is 5.10. The first-order valence-corrected chi connectivity index (χ1v) is 10.6. The number of ketones is 1. The van der Waals surface area contributed by atoms with E-state index >= 15 is 0 Å². The first-order chi connectivity index (χ1) is 14.6. The first kappa shape index (κ1) is 21.4. The number of allylic oxidation sites excluding steroid dienone is 2. The molecular formula is C23H27NO7. The standard InChI is InChI=1S/C23H27NO7/c1-2-3-4-10-5-6-14(25)17-13(10)8-11-7-12-9-15(26)19(22(24)29)23(30,31)18(12)21(28)16(11)20(17)27/h5-6,11-12,18,25-26,28,30-31H,2-4,7-9H2,1H3,(H2,24,29). The number of carbonyl (C=O) groups excluding carboxylic acids is 2. The van der Waals surface area contributed by atoms with Crippen molar-refractivity contribution in [3.8, 4) is 5.75 Å². The number of phenolic OH excluding ortho intramolecular Hbond substituents is 1. The van der Waals surface area contributed by atoms with Gasteiger partial charge in [-0.25, -0.2) is 0 Å². The number of aliphatic hydroxyl groups is 4. The number of amides is 1. The third kappa shape index (κ3) is 3.13. The van der Waals surface area contributed by atoms with Crippen LogP contribution in [0.1, 0.15) is 54.1 Å². The monoisotopic (exact) mass is 429 g/mol. The zero-order valence-electron chi connectivity index (χ0n) is 17.3. The molecule has 0 spiro atoms. The zero-order valence-corrected chi connectivity index (χ0v) is 17.3. The van der Waals surface area contributed by atoms with E-state index < -0.39 is 52.3 Å². The number of hydrogen-bond acceptors (Lipinski definition) is 7. The third-order valence-electron chi connectivity index (χ3n) is 6.94. The average molecular weight is 429 g/mol. The molecule has 0 fully saturated rings. The van der Waals surface area contributed by atoms with Crippen molar-refractivity contribution in [2.75, 3.05) is 0 Å². The van der Waals surface area contributed by atoms with Crippen molar-refractivity contribution in [2.24, 2.45) is 23.5 Å². The molecule has 31 heavy (non-hydrogen) atoms. The van der Waals surface area contributed by atoms with E-state index in [0.29, 0.717) is 12.8 Å². The van der Waals surface area contributed by atoms with Gasteiger partial charge in [0.1, 0.15) is 22.8 Å². The van der Waals surface area contributed by atoms with Crippen molar-refractivity contribution >= 4 is 11.7 Å². The van der Waals surface area contributed by atoms with Crippen LogP contribution in [-0.4, -0.2) is 43.0 Å². The number of nitrogens with two attached hydrogens (primary N) is 1. The lowest BCUT2D eigenvalue weighted by atomic mass is 9.60. The Bertz CT molecular complexity index is 1040. The second-order valence-corrected chi connectivity index (χ2v) is 8.82. The van der Waals surface area contributed by atoms with E-state index in [4.69, 9.17) is 5.73 Å². The normalized spacial score (nSPS) is 26.9. The summed E-state index contributed by atoms with van der Waals surface area (Å²) in [5.41, 5.74) is 6.34. The topological polar surface area (TPSA) is 161 Å². The molecule has 0 bridgehead atoms. The lowest BCUT2D eigenvalue weighted by Gasteiger charge is -2.46. The number of fused-ring (bicyclic) bond motifs is 3. The lowest BCUT2D eigenvalue weighted by molar-refractivity contribution is -0.194. The number of aryl methyl sites for hydroxylation is 1. The van der Waals surface area contributed by atoms with E-state index in [1.165, 1.54) is 6.07 Å². The number of unbranched alkanes of at least 4 members (excludes halogenated alkanes) is 1. The predicted octanol–water partition coefficient (Wildman–Crippen LogP) is 1.92. The van der Waals surface area contributed by atoms with Crippen LogP contribution in [0.15, 0.2) is 34.8 Å². The summed E-state index contributed by atoms with van der Waals surface area (Å²) in [4.78, 5) is 25.1. The molecule has 8 nitrogen and oxygen atoms in total. The number of rotatable bonds is 4. The Labute approximate surface area is 179 Å². The van der Waals surface area contributed by atoms with E-state index in [1.807, 2.05) is 6.07 Å². The number of aromatic hydroxyl groups is 1. The lowest BCUT2D eigenvalue weighted by Crippen LogP contribution is -2.54. The van der Waals surface area contributed by atoms with Crippen molar-refractivity contribution < 1.29 is 35.1 Å². The highest BCUT2D eigenvalue weighted by molar-refractivity contribution is 6.13. The van der Waals surface area contributed by atoms with E-state index in [-0.39, 0.29) is 23.3 Å². The highest BCUT2D eigenvalue weighted by atomic mass is 16.5. The molecule has 1 aromatic carbocycles. The van der Waals surface area contributed by atoms with E-state index in [0.717, 1.165) is 30.4 Å². The van der Waals surface area contributed by atoms with E-state index in [1.54, 1.807) is 0 Å². The zero-order chi connectivity index (χ0) is 22.7. The summed E-state index contributed by atoms with van der Waals surface area (Å²) in [6.07, 6.45) is 3.32. The van der Waals surface area contributed by atoms with Gasteiger partial charge in [0.25, 0.3) is 5.91 Å². The second-order valence-electron chi connectivity index (χ2n) is 8.82. The van der Waals surface area contributed by atoms with Gasteiger partial charge < -0.3 is 31.3 Å². The van der Waals surface area contributed by atoms with Gasteiger partial charge in [0.05, 0.1) is 11.5 Å². The molecule has 0 heterocycles. The number of carbonyl (C=O) groups is 2. The Morgan fingerprint density at radius 3 is 2.55 bits per heavy atom. The highest BCUT2D eigenvalue weighted by Crippen LogP contribution is 2.53. The number of hydrogen-bond donors (Lipinski definition) is 6. The molecule has 4 rings (SSSR count). The Morgan fingerprint density at radius 1 is 1.19 bits per heavy atom. The summed E-state index contributed by atoms with van der Waals surface area (Å²) in [5.74, 6) is -8.27. The smallest absolute Gasteiger partial charge is 0.253 e. The molecule has 1 aromatic rings. The van der Waals surface area contributed by atoms with Crippen LogP contribution in [0.25, 0.3) is 0 Å². The fourth-order valence-electron chi connectivity index (χ4n) is 5.62. The minimum atomic E-state index is -2.91. The quantitative estimate of drug-likeness (QED) is 0.398. The molecule has 0 aromatic heterocycles. The molecular weight excluding hydrogens is 402 g/mol. The van der Waals surface area contributed by atoms with Crippen LogP contribution in [0.2, 0.25) is 0 Å². The molecule has 3 aliphatic rings. The molecule has 166 valence electrons. The van der Waals surface area contributed by atoms with Crippen LogP contribution >= 0.6 is 0 Å². The van der Waals surface area contributed by atoms with Gasteiger partial charge in [-0.2, -0.15) is 0 Å².